The third-order valence-corrected chi connectivity index (χ3v) is 13.4. The zero-order chi connectivity index (χ0) is 43.7. The van der Waals surface area contributed by atoms with E-state index in [2.05, 4.69) is 44.3 Å². The van der Waals surface area contributed by atoms with Crippen LogP contribution in [0.25, 0.3) is 22.3 Å². The molecule has 5 aromatic rings. The number of ether oxygens (including phenoxy) is 1. The molecule has 4 fully saturated rings. The van der Waals surface area contributed by atoms with Crippen LogP contribution in [0.2, 0.25) is 0 Å². The number of imidazole rings is 1. The normalized spacial score (nSPS) is 22.6. The maximum Gasteiger partial charge on any atom is 0.258 e. The van der Waals surface area contributed by atoms with Gasteiger partial charge < -0.3 is 19.1 Å². The van der Waals surface area contributed by atoms with Gasteiger partial charge in [0.25, 0.3) is 5.91 Å². The topological polar surface area (TPSA) is 160 Å². The van der Waals surface area contributed by atoms with Gasteiger partial charge in [0, 0.05) is 93.7 Å². The summed E-state index contributed by atoms with van der Waals surface area (Å²) >= 11 is 0. The number of anilines is 2. The van der Waals surface area contributed by atoms with E-state index in [4.69, 9.17) is 14.7 Å². The summed E-state index contributed by atoms with van der Waals surface area (Å²) in [5, 5.41) is 9.68. The Morgan fingerprint density at radius 1 is 0.952 bits per heavy atom. The number of nitrogens with one attached hydrogen (secondary N) is 2. The fourth-order valence-corrected chi connectivity index (χ4v) is 10.3. The number of benzene rings is 2. The van der Waals surface area contributed by atoms with Crippen molar-refractivity contribution in [2.24, 2.45) is 24.3 Å². The fraction of sp³-hybridized carbons (Fsp3) is 0.457. The smallest absolute Gasteiger partial charge is 0.258 e. The predicted molar refractivity (Wildman–Crippen MR) is 229 cm³/mol. The molecule has 4 amide bonds. The number of likely N-dealkylation sites (tertiary alicyclic amines) is 2. The van der Waals surface area contributed by atoms with Crippen LogP contribution in [0.5, 0.6) is 5.88 Å². The summed E-state index contributed by atoms with van der Waals surface area (Å²) in [6.07, 6.45) is 4.13. The quantitative estimate of drug-likeness (QED) is 0.226. The molecule has 0 saturated carbocycles. The van der Waals surface area contributed by atoms with Crippen LogP contribution in [0.3, 0.4) is 0 Å². The Morgan fingerprint density at radius 3 is 2.52 bits per heavy atom. The summed E-state index contributed by atoms with van der Waals surface area (Å²) in [6, 6.07) is 12.3. The van der Waals surface area contributed by atoms with Gasteiger partial charge in [-0.3, -0.25) is 39.7 Å². The van der Waals surface area contributed by atoms with Gasteiger partial charge in [-0.05, 0) is 80.5 Å². The second-order valence-electron chi connectivity index (χ2n) is 18.4. The lowest BCUT2D eigenvalue weighted by atomic mass is 9.72. The van der Waals surface area contributed by atoms with E-state index in [1.807, 2.05) is 29.8 Å². The average Bonchev–Trinajstić information content (AvgIpc) is 3.94. The van der Waals surface area contributed by atoms with Gasteiger partial charge in [-0.1, -0.05) is 13.0 Å². The molecule has 3 atom stereocenters. The molecule has 0 aliphatic carbocycles. The van der Waals surface area contributed by atoms with Crippen molar-refractivity contribution in [2.45, 2.75) is 65.0 Å². The molecule has 1 spiro atoms. The lowest BCUT2D eigenvalue weighted by Crippen LogP contribution is -2.73. The van der Waals surface area contributed by atoms with Crippen molar-refractivity contribution < 1.29 is 32.7 Å². The highest BCUT2D eigenvalue weighted by atomic mass is 19.1. The van der Waals surface area contributed by atoms with Crippen molar-refractivity contribution in [3.8, 4) is 17.1 Å². The van der Waals surface area contributed by atoms with Crippen LogP contribution in [-0.4, -0.2) is 104 Å². The van der Waals surface area contributed by atoms with Crippen LogP contribution in [-0.2, 0) is 34.5 Å². The van der Waals surface area contributed by atoms with E-state index in [1.54, 1.807) is 23.0 Å². The highest BCUT2D eigenvalue weighted by Gasteiger charge is 2.54. The Balaban J connectivity index is 0.773. The molecule has 3 aromatic heterocycles. The number of piperidine rings is 1. The number of fused-ring (bicyclic) bond motifs is 7. The second kappa shape index (κ2) is 15.8. The molecule has 10 rings (SSSR count). The van der Waals surface area contributed by atoms with Gasteiger partial charge in [0.05, 0.1) is 46.9 Å². The molecule has 15 nitrogen and oxygen atoms in total. The van der Waals surface area contributed by atoms with Crippen LogP contribution in [0.4, 0.5) is 20.4 Å². The van der Waals surface area contributed by atoms with Gasteiger partial charge >= 0.3 is 0 Å². The molecule has 8 heterocycles. The molecule has 0 unspecified atom stereocenters. The van der Waals surface area contributed by atoms with Crippen LogP contribution < -0.4 is 20.3 Å². The zero-order valence-corrected chi connectivity index (χ0v) is 35.6. The predicted octanol–water partition coefficient (Wildman–Crippen LogP) is 5.17. The van der Waals surface area contributed by atoms with E-state index in [0.717, 1.165) is 54.6 Å². The van der Waals surface area contributed by atoms with Gasteiger partial charge in [-0.15, -0.1) is 0 Å². The lowest BCUT2D eigenvalue weighted by molar-refractivity contribution is -0.163. The number of aromatic nitrogens is 5. The van der Waals surface area contributed by atoms with Gasteiger partial charge in [-0.25, -0.2) is 18.4 Å². The van der Waals surface area contributed by atoms with Crippen LogP contribution >= 0.6 is 0 Å². The standard InChI is InChI=1S/C46H50F2N10O5/c1-26-5-4-12-63-44-33(18-49-54(44)3)37-15-30(13-27(2)50-37)41(60)53-45-51-36-8-6-28(14-38(36)58(45)19-26)20-55-22-46(23-55)24-57(25-46)43(62)29-10-11-56(21-29)31-16-34(47)40(35(48)17-31)32-7-9-39(59)52-42(32)61/h6,8,13-18,26,29,32H,4-5,7,9-12,19-25H2,1-3H3,(H,51,53,60)(H,52,59,61)/t26-,29-,32-/m1/s1. The van der Waals surface area contributed by atoms with Gasteiger partial charge in [-0.2, -0.15) is 5.10 Å². The van der Waals surface area contributed by atoms with E-state index in [-0.39, 0.29) is 47.5 Å². The first-order chi connectivity index (χ1) is 30.3. The van der Waals surface area contributed by atoms with Crippen LogP contribution in [0.15, 0.2) is 48.7 Å². The highest BCUT2D eigenvalue weighted by molar-refractivity contribution is 6.05. The summed E-state index contributed by atoms with van der Waals surface area (Å²) in [5.74, 6) is -2.94. The molecule has 2 N–H and O–H groups in total. The first-order valence-corrected chi connectivity index (χ1v) is 21.8. The SMILES string of the molecule is Cc1cc2cc(n1)-c1cnn(C)c1OCCC[C@@H](C)Cn1c(nc3ccc(CN4CC5(C4)CN(C(=O)[C@@H]4CCN(c6cc(F)c([C@H]7CCC(=O)NC7=O)c(F)c6)C4)C5)cc31)NC2=O. The Labute approximate surface area is 362 Å². The first-order valence-electron chi connectivity index (χ1n) is 21.8. The molecule has 0 radical (unpaired) electrons. The Morgan fingerprint density at radius 2 is 1.75 bits per heavy atom. The lowest BCUT2D eigenvalue weighted by Gasteiger charge is -2.60. The number of hydrogen-bond acceptors (Lipinski definition) is 10. The third-order valence-electron chi connectivity index (χ3n) is 13.4. The monoisotopic (exact) mass is 860 g/mol. The van der Waals surface area contributed by atoms with E-state index in [0.29, 0.717) is 80.2 Å². The largest absolute Gasteiger partial charge is 0.477 e. The second-order valence-corrected chi connectivity index (χ2v) is 18.4. The molecule has 63 heavy (non-hydrogen) atoms. The Kier molecular flexibility index (Phi) is 10.3. The fourth-order valence-electron chi connectivity index (χ4n) is 10.3. The molecular formula is C46H50F2N10O5. The van der Waals surface area contributed by atoms with Crippen molar-refractivity contribution in [1.29, 1.82) is 0 Å². The zero-order valence-electron chi connectivity index (χ0n) is 35.6. The summed E-state index contributed by atoms with van der Waals surface area (Å²) in [4.78, 5) is 67.1. The summed E-state index contributed by atoms with van der Waals surface area (Å²) in [5.41, 5.74) is 5.48. The number of aryl methyl sites for hydroxylation is 2. The Bertz CT molecular complexity index is 2660. The molecule has 2 aromatic carbocycles. The minimum absolute atomic E-state index is 0.0255. The number of rotatable bonds is 5. The van der Waals surface area contributed by atoms with E-state index in [9.17, 15) is 19.2 Å². The van der Waals surface area contributed by atoms with E-state index in [1.165, 1.54) is 12.1 Å². The minimum Gasteiger partial charge on any atom is -0.477 e. The summed E-state index contributed by atoms with van der Waals surface area (Å²) in [6.45, 7) is 9.95. The maximum atomic E-state index is 15.3. The van der Waals surface area contributed by atoms with E-state index < -0.39 is 29.4 Å². The minimum atomic E-state index is -1.06. The summed E-state index contributed by atoms with van der Waals surface area (Å²) in [7, 11) is 1.84. The number of pyridine rings is 1. The average molecular weight is 861 g/mol. The van der Waals surface area contributed by atoms with Crippen LogP contribution in [0.1, 0.15) is 72.1 Å². The highest BCUT2D eigenvalue weighted by Crippen LogP contribution is 2.42. The number of carbonyl (C=O) groups excluding carboxylic acids is 4. The number of nitrogens with zero attached hydrogens (tertiary/aromatic N) is 8. The number of imide groups is 1. The Hall–Kier alpha value is -6.23. The number of halogens is 2. The first kappa shape index (κ1) is 40.8. The van der Waals surface area contributed by atoms with Crippen molar-refractivity contribution in [2.75, 3.05) is 56.1 Å². The molecule has 5 aliphatic heterocycles. The molecular weight excluding hydrogens is 811 g/mol. The van der Waals surface area contributed by atoms with Crippen molar-refractivity contribution in [3.05, 3.63) is 82.7 Å². The molecule has 17 heteroatoms. The number of hydrogen-bond donors (Lipinski definition) is 2. The maximum absolute atomic E-state index is 15.3. The van der Waals surface area contributed by atoms with Crippen molar-refractivity contribution >= 4 is 46.3 Å². The molecule has 4 saturated heterocycles. The van der Waals surface area contributed by atoms with Crippen molar-refractivity contribution in [3.63, 3.8) is 0 Å². The van der Waals surface area contributed by atoms with Crippen LogP contribution in [0, 0.1) is 35.8 Å². The molecule has 5 aliphatic rings. The molecule has 328 valence electrons. The van der Waals surface area contributed by atoms with Gasteiger partial charge in [0.1, 0.15) is 11.6 Å². The molecule has 2 bridgehead atoms. The van der Waals surface area contributed by atoms with Crippen molar-refractivity contribution in [1.82, 2.24) is 39.4 Å². The van der Waals surface area contributed by atoms with Gasteiger partial charge in [0.15, 0.2) is 0 Å². The van der Waals surface area contributed by atoms with Gasteiger partial charge in [0.2, 0.25) is 29.5 Å². The number of amides is 4. The number of carbonyl (C=O) groups is 4. The van der Waals surface area contributed by atoms with E-state index >= 15 is 8.78 Å². The summed E-state index contributed by atoms with van der Waals surface area (Å²) < 4.78 is 40.6. The third kappa shape index (κ3) is 7.69.